The third-order valence-corrected chi connectivity index (χ3v) is 3.28. The van der Waals surface area contributed by atoms with E-state index in [1.54, 1.807) is 0 Å². The number of nitro benzene ring substituents is 2. The predicted octanol–water partition coefficient (Wildman–Crippen LogP) is 4.88. The molecule has 2 rings (SSSR count). The van der Waals surface area contributed by atoms with Gasteiger partial charge in [0, 0.05) is 12.1 Å². The van der Waals surface area contributed by atoms with E-state index in [1.807, 2.05) is 0 Å². The number of halogens is 8. The van der Waals surface area contributed by atoms with Gasteiger partial charge >= 0.3 is 6.18 Å². The molecule has 0 spiro atoms. The lowest BCUT2D eigenvalue weighted by Crippen LogP contribution is -2.11. The summed E-state index contributed by atoms with van der Waals surface area (Å²) in [4.78, 5) is 18.7. The Kier molecular flexibility index (Phi) is 4.77. The summed E-state index contributed by atoms with van der Waals surface area (Å²) >= 11 is 0. The Balaban J connectivity index is 3.10. The Hall–Kier alpha value is -3.32. The maximum atomic E-state index is 13.9. The summed E-state index contributed by atoms with van der Waals surface area (Å²) in [6.45, 7) is 0. The van der Waals surface area contributed by atoms with Crippen LogP contribution in [0.25, 0.3) is 11.1 Å². The van der Waals surface area contributed by atoms with E-state index < -0.39 is 73.2 Å². The first-order valence-electron chi connectivity index (χ1n) is 6.34. The van der Waals surface area contributed by atoms with Crippen molar-refractivity contribution in [1.29, 1.82) is 0 Å². The Morgan fingerprint density at radius 2 is 1.00 bits per heavy atom. The second kappa shape index (κ2) is 6.44. The molecule has 0 saturated carbocycles. The van der Waals surface area contributed by atoms with E-state index in [-0.39, 0.29) is 12.1 Å². The topological polar surface area (TPSA) is 86.3 Å². The van der Waals surface area contributed by atoms with Crippen LogP contribution in [0.1, 0.15) is 5.56 Å². The number of hydrogen-bond acceptors (Lipinski definition) is 4. The molecule has 27 heavy (non-hydrogen) atoms. The molecular formula is C13H2F8N2O4. The van der Waals surface area contributed by atoms with Crippen molar-refractivity contribution >= 4 is 11.4 Å². The SMILES string of the molecule is O=[N+]([O-])c1cc(C(F)(F)F)cc([N+](=O)[O-])c1-c1c(F)c(F)c(F)c(F)c1F. The molecule has 0 aromatic heterocycles. The van der Waals surface area contributed by atoms with Gasteiger partial charge in [0.25, 0.3) is 11.4 Å². The summed E-state index contributed by atoms with van der Waals surface area (Å²) in [6.07, 6.45) is -5.34. The first-order chi connectivity index (χ1) is 12.3. The molecule has 0 radical (unpaired) electrons. The van der Waals surface area contributed by atoms with Crippen molar-refractivity contribution in [2.75, 3.05) is 0 Å². The summed E-state index contributed by atoms with van der Waals surface area (Å²) in [5.74, 6) is -13.2. The van der Waals surface area contributed by atoms with Gasteiger partial charge in [-0.25, -0.2) is 22.0 Å². The third-order valence-electron chi connectivity index (χ3n) is 3.28. The van der Waals surface area contributed by atoms with Crippen molar-refractivity contribution < 1.29 is 45.0 Å². The number of nitro groups is 2. The van der Waals surface area contributed by atoms with E-state index in [9.17, 15) is 55.4 Å². The van der Waals surface area contributed by atoms with Crippen molar-refractivity contribution in [2.24, 2.45) is 0 Å². The molecule has 0 aliphatic rings. The average molecular weight is 402 g/mol. The second-order valence-corrected chi connectivity index (χ2v) is 4.85. The monoisotopic (exact) mass is 402 g/mol. The third kappa shape index (κ3) is 3.24. The van der Waals surface area contributed by atoms with Crippen molar-refractivity contribution in [3.05, 3.63) is 67.0 Å². The van der Waals surface area contributed by atoms with Gasteiger partial charge in [0.1, 0.15) is 5.56 Å². The van der Waals surface area contributed by atoms with Crippen molar-refractivity contribution in [1.82, 2.24) is 0 Å². The Bertz CT molecular complexity index is 925. The van der Waals surface area contributed by atoms with Crippen molar-refractivity contribution in [3.63, 3.8) is 0 Å². The van der Waals surface area contributed by atoms with Crippen LogP contribution >= 0.6 is 0 Å². The minimum Gasteiger partial charge on any atom is -0.258 e. The summed E-state index contributed by atoms with van der Waals surface area (Å²) < 4.78 is 106. The van der Waals surface area contributed by atoms with Gasteiger partial charge in [0.05, 0.1) is 21.0 Å². The lowest BCUT2D eigenvalue weighted by molar-refractivity contribution is -0.393. The van der Waals surface area contributed by atoms with Crippen LogP contribution in [0.3, 0.4) is 0 Å². The quantitative estimate of drug-likeness (QED) is 0.241. The molecule has 0 saturated heterocycles. The van der Waals surface area contributed by atoms with E-state index in [0.29, 0.717) is 0 Å². The lowest BCUT2D eigenvalue weighted by atomic mass is 9.97. The van der Waals surface area contributed by atoms with Crippen LogP contribution in [0.15, 0.2) is 12.1 Å². The smallest absolute Gasteiger partial charge is 0.258 e. The molecule has 0 atom stereocenters. The molecular weight excluding hydrogens is 400 g/mol. The van der Waals surface area contributed by atoms with Crippen LogP contribution < -0.4 is 0 Å². The molecule has 144 valence electrons. The maximum absolute atomic E-state index is 13.9. The van der Waals surface area contributed by atoms with Crippen LogP contribution in [0.4, 0.5) is 46.5 Å². The summed E-state index contributed by atoms with van der Waals surface area (Å²) in [5, 5.41) is 22.0. The molecule has 0 N–H and O–H groups in total. The predicted molar refractivity (Wildman–Crippen MR) is 70.0 cm³/mol. The zero-order chi connectivity index (χ0) is 20.8. The van der Waals surface area contributed by atoms with Gasteiger partial charge in [-0.1, -0.05) is 0 Å². The fourth-order valence-corrected chi connectivity index (χ4v) is 2.14. The van der Waals surface area contributed by atoms with E-state index in [0.717, 1.165) is 0 Å². The Morgan fingerprint density at radius 1 is 0.667 bits per heavy atom. The molecule has 6 nitrogen and oxygen atoms in total. The molecule has 0 unspecified atom stereocenters. The molecule has 0 heterocycles. The van der Waals surface area contributed by atoms with Crippen molar-refractivity contribution in [3.8, 4) is 11.1 Å². The Morgan fingerprint density at radius 3 is 1.30 bits per heavy atom. The minimum atomic E-state index is -5.34. The summed E-state index contributed by atoms with van der Waals surface area (Å²) in [5.41, 5.74) is -9.59. The fourth-order valence-electron chi connectivity index (χ4n) is 2.14. The first-order valence-corrected chi connectivity index (χ1v) is 6.34. The molecule has 2 aromatic carbocycles. The zero-order valence-corrected chi connectivity index (χ0v) is 12.2. The zero-order valence-electron chi connectivity index (χ0n) is 12.2. The average Bonchev–Trinajstić information content (AvgIpc) is 2.56. The maximum Gasteiger partial charge on any atom is 0.416 e. The highest BCUT2D eigenvalue weighted by molar-refractivity contribution is 5.84. The number of rotatable bonds is 3. The summed E-state index contributed by atoms with van der Waals surface area (Å²) in [7, 11) is 0. The number of nitrogens with zero attached hydrogens (tertiary/aromatic N) is 2. The fraction of sp³-hybridized carbons (Fsp3) is 0.0769. The highest BCUT2D eigenvalue weighted by Crippen LogP contribution is 2.45. The summed E-state index contributed by atoms with van der Waals surface area (Å²) in [6, 6.07) is -0.638. The van der Waals surface area contributed by atoms with Crippen LogP contribution in [-0.2, 0) is 6.18 Å². The van der Waals surface area contributed by atoms with Crippen LogP contribution in [-0.4, -0.2) is 9.85 Å². The van der Waals surface area contributed by atoms with E-state index in [1.165, 1.54) is 0 Å². The Labute approximate surface area is 141 Å². The molecule has 0 amide bonds. The van der Waals surface area contributed by atoms with Gasteiger partial charge in [-0.15, -0.1) is 0 Å². The molecule has 2 aromatic rings. The number of alkyl halides is 3. The van der Waals surface area contributed by atoms with Gasteiger partial charge < -0.3 is 0 Å². The van der Waals surface area contributed by atoms with E-state index in [4.69, 9.17) is 0 Å². The van der Waals surface area contributed by atoms with E-state index >= 15 is 0 Å². The highest BCUT2D eigenvalue weighted by Gasteiger charge is 2.41. The standard InChI is InChI=1S/C13H2F8N2O4/c14-8-7(9(15)11(17)12(18)10(8)16)6-4(22(24)25)1-3(13(19,20)21)2-5(6)23(26)27/h1-2H. The molecule has 14 heteroatoms. The molecule has 0 bridgehead atoms. The van der Waals surface area contributed by atoms with Gasteiger partial charge in [0.2, 0.25) is 5.82 Å². The second-order valence-electron chi connectivity index (χ2n) is 4.85. The van der Waals surface area contributed by atoms with Gasteiger partial charge in [-0.3, -0.25) is 20.2 Å². The lowest BCUT2D eigenvalue weighted by Gasteiger charge is -2.12. The normalized spacial score (nSPS) is 11.6. The minimum absolute atomic E-state index is 0.319. The first kappa shape index (κ1) is 20.0. The number of hydrogen-bond donors (Lipinski definition) is 0. The number of benzene rings is 2. The van der Waals surface area contributed by atoms with E-state index in [2.05, 4.69) is 0 Å². The van der Waals surface area contributed by atoms with Gasteiger partial charge in [-0.05, 0) is 0 Å². The highest BCUT2D eigenvalue weighted by atomic mass is 19.4. The van der Waals surface area contributed by atoms with Crippen molar-refractivity contribution in [2.45, 2.75) is 6.18 Å². The van der Waals surface area contributed by atoms with Gasteiger partial charge in [0.15, 0.2) is 23.3 Å². The molecule has 0 fully saturated rings. The molecule has 0 aliphatic heterocycles. The largest absolute Gasteiger partial charge is 0.416 e. The van der Waals surface area contributed by atoms with Crippen LogP contribution in [0.5, 0.6) is 0 Å². The van der Waals surface area contributed by atoms with Gasteiger partial charge in [-0.2, -0.15) is 13.2 Å². The molecule has 0 aliphatic carbocycles. The van der Waals surface area contributed by atoms with Crippen LogP contribution in [0.2, 0.25) is 0 Å². The van der Waals surface area contributed by atoms with Crippen LogP contribution in [0, 0.1) is 49.3 Å².